The number of aromatic nitrogens is 1. The van der Waals surface area contributed by atoms with Crippen LogP contribution in [0.3, 0.4) is 0 Å². The second-order valence-electron chi connectivity index (χ2n) is 9.61. The minimum Gasteiger partial charge on any atom is -0.329 e. The SMILES string of the molecule is CCCCN(CC(=O)N1c2ccccc2-n2cccc2C1c1ccc(C)cc1)C(=O)c1cc(Cl)cc(Cl)c1. The molecule has 7 heteroatoms. The van der Waals surface area contributed by atoms with Crippen molar-refractivity contribution in [3.05, 3.63) is 117 Å². The number of aryl methyl sites for hydroxylation is 1. The lowest BCUT2D eigenvalue weighted by Gasteiger charge is -2.39. The van der Waals surface area contributed by atoms with E-state index >= 15 is 0 Å². The maximum absolute atomic E-state index is 14.3. The highest BCUT2D eigenvalue weighted by Crippen LogP contribution is 2.42. The van der Waals surface area contributed by atoms with E-state index in [2.05, 4.69) is 41.8 Å². The van der Waals surface area contributed by atoms with Crippen LogP contribution in [0, 0.1) is 6.92 Å². The van der Waals surface area contributed by atoms with Gasteiger partial charge in [0.15, 0.2) is 0 Å². The molecule has 1 aliphatic rings. The van der Waals surface area contributed by atoms with Crippen molar-refractivity contribution in [2.24, 2.45) is 0 Å². The normalized spacial score (nSPS) is 14.1. The number of nitrogens with zero attached hydrogens (tertiary/aromatic N) is 3. The number of rotatable bonds is 7. The van der Waals surface area contributed by atoms with Gasteiger partial charge in [0.25, 0.3) is 5.91 Å². The Morgan fingerprint density at radius 3 is 2.26 bits per heavy atom. The number of unbranched alkanes of at least 4 members (excludes halogenated alkanes) is 1. The lowest BCUT2D eigenvalue weighted by atomic mass is 9.97. The van der Waals surface area contributed by atoms with E-state index in [9.17, 15) is 9.59 Å². The van der Waals surface area contributed by atoms with E-state index in [1.165, 1.54) is 0 Å². The fourth-order valence-electron chi connectivity index (χ4n) is 5.03. The lowest BCUT2D eigenvalue weighted by Crippen LogP contribution is -2.47. The van der Waals surface area contributed by atoms with Crippen LogP contribution in [0.15, 0.2) is 85.1 Å². The molecule has 1 aliphatic heterocycles. The quantitative estimate of drug-likeness (QED) is 0.241. The van der Waals surface area contributed by atoms with Gasteiger partial charge in [-0.15, -0.1) is 0 Å². The van der Waals surface area contributed by atoms with Gasteiger partial charge in [0, 0.05) is 28.4 Å². The van der Waals surface area contributed by atoms with Crippen molar-refractivity contribution in [3.63, 3.8) is 0 Å². The van der Waals surface area contributed by atoms with Crippen LogP contribution in [-0.4, -0.2) is 34.4 Å². The topological polar surface area (TPSA) is 45.6 Å². The van der Waals surface area contributed by atoms with Gasteiger partial charge >= 0.3 is 0 Å². The van der Waals surface area contributed by atoms with Crippen LogP contribution < -0.4 is 4.90 Å². The van der Waals surface area contributed by atoms with Gasteiger partial charge < -0.3 is 9.47 Å². The Balaban J connectivity index is 1.55. The fourth-order valence-corrected chi connectivity index (χ4v) is 5.55. The van der Waals surface area contributed by atoms with E-state index in [0.717, 1.165) is 41.0 Å². The van der Waals surface area contributed by atoms with E-state index in [4.69, 9.17) is 23.2 Å². The molecule has 2 heterocycles. The highest BCUT2D eigenvalue weighted by atomic mass is 35.5. The van der Waals surface area contributed by atoms with Crippen molar-refractivity contribution in [3.8, 4) is 5.69 Å². The van der Waals surface area contributed by atoms with Gasteiger partial charge in [-0.25, -0.2) is 0 Å². The summed E-state index contributed by atoms with van der Waals surface area (Å²) in [6.45, 7) is 4.49. The predicted molar refractivity (Wildman–Crippen MR) is 154 cm³/mol. The largest absolute Gasteiger partial charge is 0.329 e. The van der Waals surface area contributed by atoms with Crippen molar-refractivity contribution in [2.45, 2.75) is 32.7 Å². The molecule has 194 valence electrons. The number of amides is 2. The second-order valence-corrected chi connectivity index (χ2v) is 10.5. The number of benzene rings is 3. The van der Waals surface area contributed by atoms with Gasteiger partial charge in [0.2, 0.25) is 5.91 Å². The standard InChI is InChI=1S/C31H29Cl2N3O2/c1-3-4-15-34(31(38)23-17-24(32)19-25(33)18-23)20-29(37)36-27-9-6-5-8-26(27)35-16-7-10-28(35)30(36)22-13-11-21(2)12-14-22/h5-14,16-19,30H,3-4,15,20H2,1-2H3. The molecule has 1 atom stereocenters. The van der Waals surface area contributed by atoms with Crippen molar-refractivity contribution >= 4 is 40.7 Å². The number of carbonyl (C=O) groups is 2. The first-order valence-electron chi connectivity index (χ1n) is 12.8. The van der Waals surface area contributed by atoms with Crippen molar-refractivity contribution in [1.82, 2.24) is 9.47 Å². The number of halogens is 2. The molecule has 2 amide bonds. The van der Waals surface area contributed by atoms with Crippen molar-refractivity contribution < 1.29 is 9.59 Å². The van der Waals surface area contributed by atoms with Crippen LogP contribution in [0.4, 0.5) is 5.69 Å². The Labute approximate surface area is 233 Å². The van der Waals surface area contributed by atoms with Gasteiger partial charge in [-0.2, -0.15) is 0 Å². The molecule has 0 saturated heterocycles. The zero-order valence-corrected chi connectivity index (χ0v) is 22.9. The smallest absolute Gasteiger partial charge is 0.254 e. The van der Waals surface area contributed by atoms with Crippen LogP contribution in [0.1, 0.15) is 53.0 Å². The van der Waals surface area contributed by atoms with Crippen LogP contribution in [0.25, 0.3) is 5.69 Å². The Morgan fingerprint density at radius 1 is 0.895 bits per heavy atom. The molecule has 0 fully saturated rings. The third kappa shape index (κ3) is 5.09. The molecule has 1 unspecified atom stereocenters. The molecule has 0 spiro atoms. The minimum absolute atomic E-state index is 0.0691. The average molecular weight is 546 g/mol. The van der Waals surface area contributed by atoms with E-state index in [1.54, 1.807) is 23.1 Å². The highest BCUT2D eigenvalue weighted by molar-refractivity contribution is 6.35. The molecule has 3 aromatic carbocycles. The summed E-state index contributed by atoms with van der Waals surface area (Å²) in [4.78, 5) is 31.3. The van der Waals surface area contributed by atoms with E-state index in [0.29, 0.717) is 22.2 Å². The number of carbonyl (C=O) groups excluding carboxylic acids is 2. The van der Waals surface area contributed by atoms with E-state index in [-0.39, 0.29) is 24.4 Å². The van der Waals surface area contributed by atoms with Crippen LogP contribution in [0.5, 0.6) is 0 Å². The number of para-hydroxylation sites is 2. The summed E-state index contributed by atoms with van der Waals surface area (Å²) in [6, 6.07) is 24.6. The van der Waals surface area contributed by atoms with Gasteiger partial charge in [0.05, 0.1) is 17.1 Å². The van der Waals surface area contributed by atoms with Crippen LogP contribution in [-0.2, 0) is 4.79 Å². The van der Waals surface area contributed by atoms with E-state index in [1.807, 2.05) is 48.4 Å². The molecule has 5 rings (SSSR count). The molecular weight excluding hydrogens is 517 g/mol. The lowest BCUT2D eigenvalue weighted by molar-refractivity contribution is -0.119. The Morgan fingerprint density at radius 2 is 1.58 bits per heavy atom. The molecule has 1 aromatic heterocycles. The number of anilines is 1. The highest BCUT2D eigenvalue weighted by Gasteiger charge is 2.37. The summed E-state index contributed by atoms with van der Waals surface area (Å²) >= 11 is 12.4. The summed E-state index contributed by atoms with van der Waals surface area (Å²) in [7, 11) is 0. The average Bonchev–Trinajstić information content (AvgIpc) is 3.40. The number of hydrogen-bond acceptors (Lipinski definition) is 2. The summed E-state index contributed by atoms with van der Waals surface area (Å²) in [5.74, 6) is -0.426. The zero-order valence-electron chi connectivity index (χ0n) is 21.4. The Bertz CT molecular complexity index is 1460. The maximum Gasteiger partial charge on any atom is 0.254 e. The molecular formula is C31H29Cl2N3O2. The zero-order chi connectivity index (χ0) is 26.8. The summed E-state index contributed by atoms with van der Waals surface area (Å²) in [6.07, 6.45) is 3.69. The molecule has 0 saturated carbocycles. The van der Waals surface area contributed by atoms with Gasteiger partial charge in [-0.3, -0.25) is 14.5 Å². The number of hydrogen-bond donors (Lipinski definition) is 0. The summed E-state index contributed by atoms with van der Waals surface area (Å²) in [5.41, 5.74) is 5.25. The van der Waals surface area contributed by atoms with Crippen molar-refractivity contribution in [1.29, 1.82) is 0 Å². The minimum atomic E-state index is -0.336. The molecule has 0 N–H and O–H groups in total. The molecule has 4 aromatic rings. The monoisotopic (exact) mass is 545 g/mol. The van der Waals surface area contributed by atoms with Gasteiger partial charge in [-0.05, 0) is 61.4 Å². The van der Waals surface area contributed by atoms with Crippen LogP contribution in [0.2, 0.25) is 10.0 Å². The first kappa shape index (κ1) is 26.1. The first-order valence-corrected chi connectivity index (χ1v) is 13.5. The first-order chi connectivity index (χ1) is 18.4. The maximum atomic E-state index is 14.3. The number of fused-ring (bicyclic) bond motifs is 3. The molecule has 5 nitrogen and oxygen atoms in total. The fraction of sp³-hybridized carbons (Fsp3) is 0.226. The summed E-state index contributed by atoms with van der Waals surface area (Å²) in [5, 5.41) is 0.764. The van der Waals surface area contributed by atoms with Gasteiger partial charge in [-0.1, -0.05) is 78.5 Å². The summed E-state index contributed by atoms with van der Waals surface area (Å²) < 4.78 is 2.14. The third-order valence-electron chi connectivity index (χ3n) is 6.89. The molecule has 0 aliphatic carbocycles. The van der Waals surface area contributed by atoms with Gasteiger partial charge in [0.1, 0.15) is 12.6 Å². The van der Waals surface area contributed by atoms with Crippen LogP contribution >= 0.6 is 23.2 Å². The molecule has 0 radical (unpaired) electrons. The van der Waals surface area contributed by atoms with Crippen molar-refractivity contribution in [2.75, 3.05) is 18.0 Å². The molecule has 0 bridgehead atoms. The predicted octanol–water partition coefficient (Wildman–Crippen LogP) is 7.47. The third-order valence-corrected chi connectivity index (χ3v) is 7.32. The Hall–Kier alpha value is -3.54. The van der Waals surface area contributed by atoms with E-state index < -0.39 is 0 Å². The second kappa shape index (κ2) is 11.1. The Kier molecular flexibility index (Phi) is 7.59. The molecule has 38 heavy (non-hydrogen) atoms.